The van der Waals surface area contributed by atoms with Crippen molar-refractivity contribution >= 4 is 34.4 Å². The highest BCUT2D eigenvalue weighted by atomic mass is 32.1. The summed E-state index contributed by atoms with van der Waals surface area (Å²) in [5.41, 5.74) is 10.0. The number of aliphatic hydroxyl groups excluding tert-OH is 1. The lowest BCUT2D eigenvalue weighted by molar-refractivity contribution is -0.138. The summed E-state index contributed by atoms with van der Waals surface area (Å²) in [6, 6.07) is 20.0. The lowest BCUT2D eigenvalue weighted by Gasteiger charge is -2.36. The number of ketones is 1. The number of hydrogen-bond acceptors (Lipinski definition) is 7. The normalized spacial score (nSPS) is 15.9. The summed E-state index contributed by atoms with van der Waals surface area (Å²) in [5, 5.41) is 15.4. The highest BCUT2D eigenvalue weighted by molar-refractivity contribution is 7.13. The maximum Gasteiger partial charge on any atom is 0.226 e. The van der Waals surface area contributed by atoms with Gasteiger partial charge in [-0.3, -0.25) is 14.5 Å². The molecular weight excluding hydrogens is 472 g/mol. The van der Waals surface area contributed by atoms with Gasteiger partial charge in [-0.2, -0.15) is 0 Å². The monoisotopic (exact) mass is 506 g/mol. The fraction of sp³-hybridized carbons (Fsp3) is 0.357. The molecule has 0 aliphatic carbocycles. The molecule has 8 heteroatoms. The van der Waals surface area contributed by atoms with Gasteiger partial charge in [0.2, 0.25) is 5.91 Å². The fourth-order valence-electron chi connectivity index (χ4n) is 4.41. The number of rotatable bonds is 10. The Morgan fingerprint density at radius 2 is 1.75 bits per heavy atom. The van der Waals surface area contributed by atoms with Gasteiger partial charge in [0.25, 0.3) is 0 Å². The van der Waals surface area contributed by atoms with Gasteiger partial charge in [-0.05, 0) is 34.7 Å². The molecule has 0 radical (unpaired) electrons. The van der Waals surface area contributed by atoms with Crippen molar-refractivity contribution in [3.8, 4) is 10.4 Å². The van der Waals surface area contributed by atoms with E-state index in [0.717, 1.165) is 48.7 Å². The first-order valence-electron chi connectivity index (χ1n) is 12.4. The molecule has 1 aliphatic heterocycles. The van der Waals surface area contributed by atoms with E-state index >= 15 is 0 Å². The summed E-state index contributed by atoms with van der Waals surface area (Å²) in [6.07, 6.45) is -1.09. The van der Waals surface area contributed by atoms with E-state index in [1.54, 1.807) is 18.3 Å². The molecule has 1 fully saturated rings. The number of hydrogen-bond donors (Lipinski definition) is 3. The maximum absolute atomic E-state index is 12.6. The number of carbonyl (C=O) groups excluding carboxylic acids is 2. The molecule has 3 aromatic rings. The number of amides is 1. The van der Waals surface area contributed by atoms with Crippen LogP contribution >= 0.6 is 11.3 Å². The molecule has 2 heterocycles. The summed E-state index contributed by atoms with van der Waals surface area (Å²) in [5.74, 6) is -1.43. The lowest BCUT2D eigenvalue weighted by atomic mass is 9.98. The predicted octanol–water partition coefficient (Wildman–Crippen LogP) is 3.39. The van der Waals surface area contributed by atoms with Crippen LogP contribution < -0.4 is 16.0 Å². The molecule has 4 rings (SSSR count). The number of benzene rings is 2. The molecule has 7 nitrogen and oxygen atoms in total. The number of carbonyl (C=O) groups is 2. The lowest BCUT2D eigenvalue weighted by Crippen LogP contribution is -2.47. The number of thiophene rings is 1. The van der Waals surface area contributed by atoms with E-state index in [1.807, 2.05) is 60.0 Å². The van der Waals surface area contributed by atoms with Gasteiger partial charge in [0.15, 0.2) is 5.78 Å². The number of nitrogens with one attached hydrogen (secondary N) is 1. The number of nitrogens with two attached hydrogens (primary N) is 1. The minimum absolute atomic E-state index is 0.219. The zero-order valence-electron chi connectivity index (χ0n) is 20.6. The van der Waals surface area contributed by atoms with Crippen LogP contribution in [0.2, 0.25) is 0 Å². The molecule has 1 aliphatic rings. The van der Waals surface area contributed by atoms with Crippen LogP contribution in [0.3, 0.4) is 0 Å². The van der Waals surface area contributed by atoms with Gasteiger partial charge >= 0.3 is 0 Å². The van der Waals surface area contributed by atoms with E-state index in [2.05, 4.69) is 21.2 Å². The zero-order valence-corrected chi connectivity index (χ0v) is 21.4. The second-order valence-corrected chi connectivity index (χ2v) is 10.2. The summed E-state index contributed by atoms with van der Waals surface area (Å²) in [6.45, 7) is 5.82. The molecule has 0 bridgehead atoms. The van der Waals surface area contributed by atoms with Crippen molar-refractivity contribution in [1.82, 2.24) is 10.2 Å². The van der Waals surface area contributed by atoms with Crippen molar-refractivity contribution < 1.29 is 14.7 Å². The fourth-order valence-corrected chi connectivity index (χ4v) is 5.14. The van der Waals surface area contributed by atoms with E-state index in [0.29, 0.717) is 13.1 Å². The molecule has 36 heavy (non-hydrogen) atoms. The van der Waals surface area contributed by atoms with Crippen molar-refractivity contribution in [2.75, 3.05) is 43.4 Å². The molecule has 0 saturated carbocycles. The highest BCUT2D eigenvalue weighted by Gasteiger charge is 2.28. The van der Waals surface area contributed by atoms with Gasteiger partial charge < -0.3 is 21.1 Å². The van der Waals surface area contributed by atoms with Gasteiger partial charge in [-0.25, -0.2) is 0 Å². The molecule has 1 saturated heterocycles. The maximum atomic E-state index is 12.6. The van der Waals surface area contributed by atoms with Crippen LogP contribution in [0.25, 0.3) is 10.4 Å². The minimum Gasteiger partial charge on any atom is -0.397 e. The Hall–Kier alpha value is -3.20. The number of para-hydroxylation sites is 2. The average molecular weight is 507 g/mol. The van der Waals surface area contributed by atoms with Crippen LogP contribution in [0.15, 0.2) is 66.0 Å². The van der Waals surface area contributed by atoms with Crippen LogP contribution in [0, 0.1) is 5.92 Å². The summed E-state index contributed by atoms with van der Waals surface area (Å²) in [4.78, 5) is 30.8. The van der Waals surface area contributed by atoms with E-state index in [4.69, 9.17) is 5.73 Å². The first-order valence-corrected chi connectivity index (χ1v) is 13.2. The minimum atomic E-state index is -1.31. The van der Waals surface area contributed by atoms with Crippen molar-refractivity contribution in [3.05, 3.63) is 71.6 Å². The molecule has 4 N–H and O–H groups in total. The third-order valence-corrected chi connectivity index (χ3v) is 7.69. The third kappa shape index (κ3) is 6.51. The summed E-state index contributed by atoms with van der Waals surface area (Å²) >= 11 is 1.68. The molecule has 2 aromatic carbocycles. The quantitative estimate of drug-likeness (QED) is 0.365. The van der Waals surface area contributed by atoms with Crippen molar-refractivity contribution in [1.29, 1.82) is 0 Å². The molecule has 2 atom stereocenters. The van der Waals surface area contributed by atoms with Crippen LogP contribution in [-0.2, 0) is 16.1 Å². The molecule has 0 unspecified atom stereocenters. The molecule has 1 aromatic heterocycles. The first kappa shape index (κ1) is 25.9. The van der Waals surface area contributed by atoms with Crippen LogP contribution in [0.1, 0.15) is 18.9 Å². The Kier molecular flexibility index (Phi) is 8.74. The second-order valence-electron chi connectivity index (χ2n) is 9.23. The van der Waals surface area contributed by atoms with Crippen LogP contribution in [-0.4, -0.2) is 60.5 Å². The number of nitrogen functional groups attached to an aromatic ring is 1. The van der Waals surface area contributed by atoms with E-state index in [9.17, 15) is 14.7 Å². The van der Waals surface area contributed by atoms with Crippen molar-refractivity contribution in [2.24, 2.45) is 5.92 Å². The number of anilines is 2. The van der Waals surface area contributed by atoms with Gasteiger partial charge in [0.1, 0.15) is 6.10 Å². The summed E-state index contributed by atoms with van der Waals surface area (Å²) < 4.78 is 0. The summed E-state index contributed by atoms with van der Waals surface area (Å²) in [7, 11) is 0. The molecule has 0 spiro atoms. The second kappa shape index (κ2) is 12.2. The zero-order chi connectivity index (χ0) is 25.5. The standard InChI is InChI=1S/C28H34N4O3S/c1-20(28(35)30-19-21-8-10-22(11-9-21)26-7-4-18-36-26)27(34)25(33)12-13-31-14-16-32(17-15-31)24-6-3-2-5-23(24)29/h2-11,18,20,27,34H,12-17,19,29H2,1H3,(H,30,35)/t20-,27-/m1/s1. The third-order valence-electron chi connectivity index (χ3n) is 6.77. The van der Waals surface area contributed by atoms with Gasteiger partial charge in [-0.15, -0.1) is 11.3 Å². The van der Waals surface area contributed by atoms with Crippen LogP contribution in [0.5, 0.6) is 0 Å². The number of nitrogens with zero attached hydrogens (tertiary/aromatic N) is 2. The first-order chi connectivity index (χ1) is 17.4. The number of piperazine rings is 1. The van der Waals surface area contributed by atoms with Gasteiger partial charge in [-0.1, -0.05) is 49.4 Å². The van der Waals surface area contributed by atoms with E-state index < -0.39 is 12.0 Å². The smallest absolute Gasteiger partial charge is 0.226 e. The molecule has 190 valence electrons. The van der Waals surface area contributed by atoms with Crippen LogP contribution in [0.4, 0.5) is 11.4 Å². The van der Waals surface area contributed by atoms with Crippen molar-refractivity contribution in [2.45, 2.75) is 26.0 Å². The Morgan fingerprint density at radius 3 is 2.42 bits per heavy atom. The van der Waals surface area contributed by atoms with Crippen molar-refractivity contribution in [3.63, 3.8) is 0 Å². The number of Topliss-reactive ketones (excluding diaryl/α,β-unsaturated/α-hetero) is 1. The van der Waals surface area contributed by atoms with E-state index in [1.165, 1.54) is 4.88 Å². The Balaban J connectivity index is 1.18. The highest BCUT2D eigenvalue weighted by Crippen LogP contribution is 2.25. The SMILES string of the molecule is C[C@@H](C(=O)NCc1ccc(-c2cccs2)cc1)[C@@H](O)C(=O)CCN1CCN(c2ccccc2N)CC1. The Bertz CT molecular complexity index is 1140. The Labute approximate surface area is 216 Å². The van der Waals surface area contributed by atoms with Gasteiger partial charge in [0.05, 0.1) is 17.3 Å². The Morgan fingerprint density at radius 1 is 1.03 bits per heavy atom. The predicted molar refractivity (Wildman–Crippen MR) is 146 cm³/mol. The molecule has 1 amide bonds. The molecular formula is C28H34N4O3S. The van der Waals surface area contributed by atoms with Gasteiger partial charge in [0, 0.05) is 50.6 Å². The number of aliphatic hydroxyl groups is 1. The van der Waals surface area contributed by atoms with E-state index in [-0.39, 0.29) is 18.1 Å². The average Bonchev–Trinajstić information content (AvgIpc) is 3.45. The topological polar surface area (TPSA) is 98.9 Å². The largest absolute Gasteiger partial charge is 0.397 e.